The summed E-state index contributed by atoms with van der Waals surface area (Å²) in [7, 11) is 7.70. The zero-order chi connectivity index (χ0) is 28.2. The van der Waals surface area contributed by atoms with Crippen LogP contribution in [-0.2, 0) is 6.54 Å². The van der Waals surface area contributed by atoms with Gasteiger partial charge in [0.05, 0.1) is 12.7 Å². The van der Waals surface area contributed by atoms with Gasteiger partial charge in [-0.1, -0.05) is 0 Å². The number of ketones is 1. The second kappa shape index (κ2) is 12.1. The van der Waals surface area contributed by atoms with Gasteiger partial charge in [0.15, 0.2) is 5.76 Å². The van der Waals surface area contributed by atoms with E-state index in [4.69, 9.17) is 9.47 Å². The van der Waals surface area contributed by atoms with Gasteiger partial charge in [-0.3, -0.25) is 9.69 Å². The minimum Gasteiger partial charge on any atom is -0.497 e. The average Bonchev–Trinajstić information content (AvgIpc) is 3.44. The van der Waals surface area contributed by atoms with Gasteiger partial charge in [0.2, 0.25) is 5.78 Å². The summed E-state index contributed by atoms with van der Waals surface area (Å²) in [4.78, 5) is 32.4. The minimum absolute atomic E-state index is 0.215. The summed E-state index contributed by atoms with van der Waals surface area (Å²) < 4.78 is 13.7. The summed E-state index contributed by atoms with van der Waals surface area (Å²) in [6.45, 7) is 7.35. The van der Waals surface area contributed by atoms with Crippen LogP contribution in [0.1, 0.15) is 15.9 Å². The van der Waals surface area contributed by atoms with Gasteiger partial charge in [0.25, 0.3) is 0 Å². The van der Waals surface area contributed by atoms with E-state index in [1.54, 1.807) is 31.4 Å². The molecule has 3 heterocycles. The Labute approximate surface area is 235 Å². The van der Waals surface area contributed by atoms with Crippen LogP contribution < -0.4 is 20.1 Å². The number of carbonyl (C=O) groups is 2. The van der Waals surface area contributed by atoms with Crippen LogP contribution in [0, 0.1) is 0 Å². The number of anilines is 1. The van der Waals surface area contributed by atoms with E-state index in [2.05, 4.69) is 44.3 Å². The number of likely N-dealkylation sites (N-methyl/N-ethyl adjacent to an activating group) is 2. The number of rotatable bonds is 9. The van der Waals surface area contributed by atoms with Crippen LogP contribution in [0.4, 0.5) is 10.5 Å². The highest BCUT2D eigenvalue weighted by Crippen LogP contribution is 2.35. The number of amides is 2. The highest BCUT2D eigenvalue weighted by Gasteiger charge is 2.28. The molecule has 0 spiro atoms. The van der Waals surface area contributed by atoms with Crippen molar-refractivity contribution in [3.05, 3.63) is 59.5 Å². The minimum atomic E-state index is -0.317. The SMILES string of the molecule is COc1ccc2c(c1)c(C=C1Oc3ccc(NC(=O)NCCN(C)C)cc3C1=O)cn2CCN1CCN(C)CC1. The number of benzene rings is 2. The normalized spacial score (nSPS) is 16.9. The number of fused-ring (bicyclic) bond motifs is 2. The number of allylic oxidation sites excluding steroid dienone is 1. The molecule has 2 aliphatic heterocycles. The van der Waals surface area contributed by atoms with Crippen molar-refractivity contribution in [1.82, 2.24) is 24.6 Å². The van der Waals surface area contributed by atoms with Crippen molar-refractivity contribution in [1.29, 1.82) is 0 Å². The molecular formula is C30H38N6O4. The van der Waals surface area contributed by atoms with Crippen molar-refractivity contribution < 1.29 is 19.1 Å². The van der Waals surface area contributed by atoms with Gasteiger partial charge in [0, 0.05) is 80.7 Å². The number of methoxy groups -OCH3 is 1. The van der Waals surface area contributed by atoms with Crippen LogP contribution in [0.2, 0.25) is 0 Å². The molecule has 0 aliphatic carbocycles. The summed E-state index contributed by atoms with van der Waals surface area (Å²) >= 11 is 0. The Morgan fingerprint density at radius 3 is 2.65 bits per heavy atom. The lowest BCUT2D eigenvalue weighted by molar-refractivity contribution is 0.101. The molecule has 0 saturated carbocycles. The van der Waals surface area contributed by atoms with Crippen LogP contribution in [0.3, 0.4) is 0 Å². The molecular weight excluding hydrogens is 508 g/mol. The van der Waals surface area contributed by atoms with Gasteiger partial charge in [-0.05, 0) is 63.6 Å². The predicted octanol–water partition coefficient (Wildman–Crippen LogP) is 3.20. The van der Waals surface area contributed by atoms with Gasteiger partial charge < -0.3 is 34.5 Å². The Kier molecular flexibility index (Phi) is 8.39. The van der Waals surface area contributed by atoms with Crippen LogP contribution in [0.15, 0.2) is 48.4 Å². The largest absolute Gasteiger partial charge is 0.497 e. The van der Waals surface area contributed by atoms with E-state index in [1.165, 1.54) is 0 Å². The zero-order valence-electron chi connectivity index (χ0n) is 23.7. The third-order valence-electron chi connectivity index (χ3n) is 7.43. The molecule has 1 saturated heterocycles. The second-order valence-electron chi connectivity index (χ2n) is 10.6. The van der Waals surface area contributed by atoms with E-state index < -0.39 is 0 Å². The van der Waals surface area contributed by atoms with E-state index in [0.29, 0.717) is 23.5 Å². The van der Waals surface area contributed by atoms with Gasteiger partial charge in [0.1, 0.15) is 11.5 Å². The van der Waals surface area contributed by atoms with E-state index in [1.807, 2.05) is 31.1 Å². The monoisotopic (exact) mass is 546 g/mol. The molecule has 1 fully saturated rings. The van der Waals surface area contributed by atoms with Crippen molar-refractivity contribution in [2.24, 2.45) is 0 Å². The number of nitrogens with zero attached hydrogens (tertiary/aromatic N) is 4. The first-order valence-corrected chi connectivity index (χ1v) is 13.7. The van der Waals surface area contributed by atoms with Crippen LogP contribution in [-0.4, -0.2) is 105 Å². The van der Waals surface area contributed by atoms with Gasteiger partial charge >= 0.3 is 6.03 Å². The van der Waals surface area contributed by atoms with Crippen molar-refractivity contribution in [2.45, 2.75) is 6.54 Å². The first-order chi connectivity index (χ1) is 19.3. The summed E-state index contributed by atoms with van der Waals surface area (Å²) in [5.74, 6) is 1.27. The number of piperazine rings is 1. The predicted molar refractivity (Wildman–Crippen MR) is 157 cm³/mol. The number of nitrogens with one attached hydrogen (secondary N) is 2. The molecule has 1 aromatic heterocycles. The topological polar surface area (TPSA) is 91.3 Å². The highest BCUT2D eigenvalue weighted by atomic mass is 16.5. The maximum atomic E-state index is 13.3. The lowest BCUT2D eigenvalue weighted by Gasteiger charge is -2.32. The third kappa shape index (κ3) is 6.30. The molecule has 40 heavy (non-hydrogen) atoms. The highest BCUT2D eigenvalue weighted by molar-refractivity contribution is 6.15. The van der Waals surface area contributed by atoms with E-state index in [9.17, 15) is 9.59 Å². The van der Waals surface area contributed by atoms with Crippen molar-refractivity contribution in [2.75, 3.05) is 79.4 Å². The Morgan fingerprint density at radius 1 is 1.10 bits per heavy atom. The Hall–Kier alpha value is -3.86. The van der Waals surface area contributed by atoms with Gasteiger partial charge in [-0.2, -0.15) is 0 Å². The molecule has 0 unspecified atom stereocenters. The number of hydrogen-bond acceptors (Lipinski definition) is 7. The number of Topliss-reactive ketones (excluding diaryl/α,β-unsaturated/α-hetero) is 1. The smallest absolute Gasteiger partial charge is 0.319 e. The Bertz CT molecular complexity index is 1420. The summed E-state index contributed by atoms with van der Waals surface area (Å²) in [5.41, 5.74) is 2.93. The summed E-state index contributed by atoms with van der Waals surface area (Å²) in [5, 5.41) is 6.60. The lowest BCUT2D eigenvalue weighted by Crippen LogP contribution is -2.45. The maximum Gasteiger partial charge on any atom is 0.319 e. The maximum absolute atomic E-state index is 13.3. The number of urea groups is 1. The molecule has 5 rings (SSSR count). The third-order valence-corrected chi connectivity index (χ3v) is 7.43. The van der Waals surface area contributed by atoms with Crippen LogP contribution in [0.25, 0.3) is 17.0 Å². The molecule has 2 amide bonds. The number of ether oxygens (including phenoxy) is 2. The Balaban J connectivity index is 1.34. The molecule has 0 atom stereocenters. The first-order valence-electron chi connectivity index (χ1n) is 13.7. The zero-order valence-corrected chi connectivity index (χ0v) is 23.7. The molecule has 0 radical (unpaired) electrons. The number of hydrogen-bond donors (Lipinski definition) is 2. The molecule has 3 aromatic rings. The van der Waals surface area contributed by atoms with E-state index in [0.717, 1.165) is 68.0 Å². The molecule has 2 aliphatic rings. The second-order valence-corrected chi connectivity index (χ2v) is 10.6. The molecule has 10 heteroatoms. The molecule has 10 nitrogen and oxygen atoms in total. The summed E-state index contributed by atoms with van der Waals surface area (Å²) in [6, 6.07) is 10.8. The molecule has 212 valence electrons. The fourth-order valence-corrected chi connectivity index (χ4v) is 5.03. The van der Waals surface area contributed by atoms with Crippen LogP contribution >= 0.6 is 0 Å². The van der Waals surface area contributed by atoms with Gasteiger partial charge in [-0.15, -0.1) is 0 Å². The van der Waals surface area contributed by atoms with E-state index >= 15 is 0 Å². The summed E-state index contributed by atoms with van der Waals surface area (Å²) in [6.07, 6.45) is 3.88. The van der Waals surface area contributed by atoms with Crippen molar-refractivity contribution >= 4 is 34.5 Å². The standard InChI is InChI=1S/C30H38N6O4/c1-33(2)10-9-31-30(38)32-22-5-8-27-25(18-22)29(37)28(40-27)17-21-20-36(16-15-35-13-11-34(3)12-14-35)26-7-6-23(39-4)19-24(21)26/h5-8,17-20H,9-16H2,1-4H3,(H2,31,32,38). The van der Waals surface area contributed by atoms with Gasteiger partial charge in [-0.25, -0.2) is 4.79 Å². The fourth-order valence-electron chi connectivity index (χ4n) is 5.03. The number of aromatic nitrogens is 1. The molecule has 2 aromatic carbocycles. The van der Waals surface area contributed by atoms with Crippen LogP contribution in [0.5, 0.6) is 11.5 Å². The van der Waals surface area contributed by atoms with E-state index in [-0.39, 0.29) is 17.6 Å². The average molecular weight is 547 g/mol. The first kappa shape index (κ1) is 27.7. The van der Waals surface area contributed by atoms with Crippen molar-refractivity contribution in [3.63, 3.8) is 0 Å². The number of carbonyl (C=O) groups excluding carboxylic acids is 2. The molecule has 0 bridgehead atoms. The van der Waals surface area contributed by atoms with Crippen molar-refractivity contribution in [3.8, 4) is 11.5 Å². The quantitative estimate of drug-likeness (QED) is 0.399. The fraction of sp³-hybridized carbons (Fsp3) is 0.400. The molecule has 2 N–H and O–H groups in total. The Morgan fingerprint density at radius 2 is 1.90 bits per heavy atom. The lowest BCUT2D eigenvalue weighted by atomic mass is 10.1.